The van der Waals surface area contributed by atoms with Gasteiger partial charge in [-0.3, -0.25) is 0 Å². The van der Waals surface area contributed by atoms with Gasteiger partial charge in [-0.15, -0.1) is 0 Å². The molecule has 3 fully saturated rings. The van der Waals surface area contributed by atoms with E-state index in [4.69, 9.17) is 23.7 Å². The largest absolute Gasteiger partial charge is 0.492 e. The summed E-state index contributed by atoms with van der Waals surface area (Å²) in [6.07, 6.45) is 7.38. The van der Waals surface area contributed by atoms with Crippen molar-refractivity contribution >= 4 is 12.0 Å². The monoisotopic (exact) mass is 499 g/mol. The second kappa shape index (κ2) is 11.1. The molecule has 0 N–H and O–H groups in total. The normalized spacial score (nSPS) is 33.1. The summed E-state index contributed by atoms with van der Waals surface area (Å²) in [4.78, 5) is 14.8. The van der Waals surface area contributed by atoms with E-state index in [0.29, 0.717) is 19.6 Å². The van der Waals surface area contributed by atoms with E-state index >= 15 is 0 Å². The highest BCUT2D eigenvalue weighted by Gasteiger charge is 2.72. The summed E-state index contributed by atoms with van der Waals surface area (Å²) in [6, 6.07) is 7.67. The third-order valence-corrected chi connectivity index (χ3v) is 7.60. The minimum absolute atomic E-state index is 0.0149. The van der Waals surface area contributed by atoms with Crippen LogP contribution in [0.2, 0.25) is 0 Å². The molecule has 6 atom stereocenters. The molecule has 0 radical (unpaired) electrons. The molecule has 0 bridgehead atoms. The number of ether oxygens (including phenoxy) is 5. The predicted molar refractivity (Wildman–Crippen MR) is 139 cm³/mol. The maximum absolute atomic E-state index is 12.7. The van der Waals surface area contributed by atoms with Gasteiger partial charge in [-0.05, 0) is 77.9 Å². The van der Waals surface area contributed by atoms with Crippen molar-refractivity contribution in [3.05, 3.63) is 47.6 Å². The molecule has 7 nitrogen and oxygen atoms in total. The van der Waals surface area contributed by atoms with Crippen molar-refractivity contribution in [1.82, 2.24) is 4.90 Å². The van der Waals surface area contributed by atoms with Gasteiger partial charge in [-0.2, -0.15) is 0 Å². The SMILES string of the molecule is CO[C@@H]1[C@H](OC(=O)/C=C/c2ccc(OCCN(C)C)cc2)CCC2(CO2)[C@H]1[C@@]1(C)O[C@@H]1CC=C(C)C. The van der Waals surface area contributed by atoms with Crippen LogP contribution in [-0.4, -0.2) is 81.3 Å². The Morgan fingerprint density at radius 1 is 1.22 bits per heavy atom. The molecule has 1 saturated carbocycles. The van der Waals surface area contributed by atoms with E-state index in [1.54, 1.807) is 13.2 Å². The molecule has 0 amide bonds. The van der Waals surface area contributed by atoms with Gasteiger partial charge in [0, 0.05) is 19.7 Å². The fraction of sp³-hybridized carbons (Fsp3) is 0.621. The highest BCUT2D eigenvalue weighted by Crippen LogP contribution is 2.59. The zero-order valence-corrected chi connectivity index (χ0v) is 22.5. The maximum atomic E-state index is 12.7. The van der Waals surface area contributed by atoms with Gasteiger partial charge in [0.05, 0.1) is 18.6 Å². The van der Waals surface area contributed by atoms with Crippen molar-refractivity contribution in [3.8, 4) is 5.75 Å². The van der Waals surface area contributed by atoms with Crippen molar-refractivity contribution in [1.29, 1.82) is 0 Å². The first-order valence-electron chi connectivity index (χ1n) is 12.9. The fourth-order valence-electron chi connectivity index (χ4n) is 5.44. The number of hydrogen-bond acceptors (Lipinski definition) is 7. The number of likely N-dealkylation sites (N-methyl/N-ethyl adjacent to an activating group) is 1. The molecule has 2 aliphatic heterocycles. The Bertz CT molecular complexity index is 962. The lowest BCUT2D eigenvalue weighted by molar-refractivity contribution is -0.166. The molecule has 1 aromatic rings. The van der Waals surface area contributed by atoms with Crippen LogP contribution < -0.4 is 4.74 Å². The summed E-state index contributed by atoms with van der Waals surface area (Å²) in [7, 11) is 5.72. The van der Waals surface area contributed by atoms with Crippen LogP contribution in [-0.2, 0) is 23.7 Å². The van der Waals surface area contributed by atoms with Gasteiger partial charge in [0.25, 0.3) is 0 Å². The standard InChI is InChI=1S/C29H41NO6/c1-20(2)7-13-24-28(3,36-24)27-26(32-6)23(15-16-29(27)19-34-29)35-25(31)14-10-21-8-11-22(12-9-21)33-18-17-30(4)5/h7-12,14,23-24,26-27H,13,15-19H2,1-6H3/b14-10+/t23-,24-,26-,27-,28+,29?/m1/s1. The van der Waals surface area contributed by atoms with Crippen molar-refractivity contribution in [3.63, 3.8) is 0 Å². The lowest BCUT2D eigenvalue weighted by Gasteiger charge is -2.42. The van der Waals surface area contributed by atoms with Crippen LogP contribution in [0.15, 0.2) is 42.0 Å². The van der Waals surface area contributed by atoms with Crippen molar-refractivity contribution < 1.29 is 28.5 Å². The lowest BCUT2D eigenvalue weighted by Crippen LogP contribution is -2.55. The number of benzene rings is 1. The average molecular weight is 500 g/mol. The third-order valence-electron chi connectivity index (χ3n) is 7.60. The highest BCUT2D eigenvalue weighted by atomic mass is 16.6. The Kier molecular flexibility index (Phi) is 8.25. The zero-order valence-electron chi connectivity index (χ0n) is 22.5. The molecule has 1 aromatic carbocycles. The van der Waals surface area contributed by atoms with Gasteiger partial charge in [0.1, 0.15) is 35.8 Å². The minimum Gasteiger partial charge on any atom is -0.492 e. The lowest BCUT2D eigenvalue weighted by atomic mass is 9.68. The van der Waals surface area contributed by atoms with Crippen LogP contribution in [0.3, 0.4) is 0 Å². The van der Waals surface area contributed by atoms with E-state index in [-0.39, 0.29) is 41.4 Å². The van der Waals surface area contributed by atoms with Gasteiger partial charge in [0.15, 0.2) is 0 Å². The molecule has 1 unspecified atom stereocenters. The van der Waals surface area contributed by atoms with Crippen LogP contribution in [0.25, 0.3) is 6.08 Å². The molecule has 1 spiro atoms. The molecule has 2 heterocycles. The first-order valence-corrected chi connectivity index (χ1v) is 12.9. The number of allylic oxidation sites excluding steroid dienone is 1. The number of carbonyl (C=O) groups excluding carboxylic acids is 1. The predicted octanol–water partition coefficient (Wildman–Crippen LogP) is 4.26. The van der Waals surface area contributed by atoms with Crippen LogP contribution in [0.4, 0.5) is 0 Å². The Hall–Kier alpha value is -2.19. The Balaban J connectivity index is 1.36. The number of hydrogen-bond donors (Lipinski definition) is 0. The first-order chi connectivity index (χ1) is 17.2. The average Bonchev–Trinajstić information content (AvgIpc) is 3.75. The second-order valence-electron chi connectivity index (χ2n) is 10.9. The molecule has 2 saturated heterocycles. The van der Waals surface area contributed by atoms with E-state index in [1.807, 2.05) is 38.4 Å². The molecular formula is C29H41NO6. The van der Waals surface area contributed by atoms with Crippen LogP contribution in [0.5, 0.6) is 5.75 Å². The smallest absolute Gasteiger partial charge is 0.331 e. The number of carbonyl (C=O) groups is 1. The van der Waals surface area contributed by atoms with Crippen molar-refractivity contribution in [2.24, 2.45) is 5.92 Å². The van der Waals surface area contributed by atoms with Crippen LogP contribution in [0, 0.1) is 5.92 Å². The third kappa shape index (κ3) is 6.20. The number of rotatable bonds is 11. The van der Waals surface area contributed by atoms with Crippen LogP contribution in [0.1, 0.15) is 45.6 Å². The first kappa shape index (κ1) is 26.9. The summed E-state index contributed by atoms with van der Waals surface area (Å²) in [6.45, 7) is 8.54. The van der Waals surface area contributed by atoms with Gasteiger partial charge in [0.2, 0.25) is 0 Å². The van der Waals surface area contributed by atoms with E-state index in [1.165, 1.54) is 11.6 Å². The fourth-order valence-corrected chi connectivity index (χ4v) is 5.44. The summed E-state index contributed by atoms with van der Waals surface area (Å²) < 4.78 is 29.8. The molecule has 1 aliphatic carbocycles. The van der Waals surface area contributed by atoms with E-state index in [0.717, 1.165) is 30.7 Å². The number of epoxide rings is 2. The zero-order chi connectivity index (χ0) is 25.9. The van der Waals surface area contributed by atoms with E-state index in [2.05, 4.69) is 31.7 Å². The molecule has 0 aromatic heterocycles. The molecule has 4 rings (SSSR count). The van der Waals surface area contributed by atoms with Gasteiger partial charge in [-0.1, -0.05) is 23.8 Å². The molecule has 36 heavy (non-hydrogen) atoms. The summed E-state index contributed by atoms with van der Waals surface area (Å²) in [5.41, 5.74) is 1.61. The summed E-state index contributed by atoms with van der Waals surface area (Å²) in [5, 5.41) is 0. The minimum atomic E-state index is -0.372. The molecule has 198 valence electrons. The Morgan fingerprint density at radius 3 is 2.56 bits per heavy atom. The quantitative estimate of drug-likeness (QED) is 0.195. The van der Waals surface area contributed by atoms with E-state index < -0.39 is 0 Å². The Labute approximate surface area is 215 Å². The Morgan fingerprint density at radius 2 is 1.94 bits per heavy atom. The molecular weight excluding hydrogens is 458 g/mol. The second-order valence-corrected chi connectivity index (χ2v) is 10.9. The van der Waals surface area contributed by atoms with Crippen molar-refractivity contribution in [2.45, 2.75) is 69.5 Å². The number of nitrogens with zero attached hydrogens (tertiary/aromatic N) is 1. The summed E-state index contributed by atoms with van der Waals surface area (Å²) in [5.74, 6) is 0.450. The van der Waals surface area contributed by atoms with E-state index in [9.17, 15) is 4.79 Å². The van der Waals surface area contributed by atoms with Gasteiger partial charge < -0.3 is 28.6 Å². The topological polar surface area (TPSA) is 73.1 Å². The molecule has 7 heteroatoms. The number of methoxy groups -OCH3 is 1. The van der Waals surface area contributed by atoms with Crippen molar-refractivity contribution in [2.75, 3.05) is 41.0 Å². The summed E-state index contributed by atoms with van der Waals surface area (Å²) >= 11 is 0. The van der Waals surface area contributed by atoms with Crippen LogP contribution >= 0.6 is 0 Å². The highest BCUT2D eigenvalue weighted by molar-refractivity contribution is 5.87. The maximum Gasteiger partial charge on any atom is 0.331 e. The molecule has 3 aliphatic rings. The van der Waals surface area contributed by atoms with Gasteiger partial charge >= 0.3 is 5.97 Å². The van der Waals surface area contributed by atoms with Gasteiger partial charge in [-0.25, -0.2) is 4.79 Å². The number of esters is 1.